The van der Waals surface area contributed by atoms with Crippen molar-refractivity contribution in [2.24, 2.45) is 5.90 Å². The Kier molecular flexibility index (Phi) is 9.19. The van der Waals surface area contributed by atoms with Crippen molar-refractivity contribution in [1.82, 2.24) is 5.06 Å². The van der Waals surface area contributed by atoms with Crippen molar-refractivity contribution < 1.29 is 28.7 Å². The van der Waals surface area contributed by atoms with E-state index in [0.29, 0.717) is 30.9 Å². The Morgan fingerprint density at radius 2 is 1.21 bits per heavy atom. The molecule has 158 valence electrons. The monoisotopic (exact) mass is 396 g/mol. The summed E-state index contributed by atoms with van der Waals surface area (Å²) >= 11 is 0. The van der Waals surface area contributed by atoms with Gasteiger partial charge in [0.2, 0.25) is 0 Å². The van der Waals surface area contributed by atoms with Crippen LogP contribution in [0.4, 0.5) is 0 Å². The van der Waals surface area contributed by atoms with Crippen LogP contribution in [0.1, 0.15) is 62.3 Å². The Bertz CT molecular complexity index is 614. The molecule has 0 saturated heterocycles. The molecule has 0 fully saturated rings. The number of nitrogens with zero attached hydrogens (tertiary/aromatic N) is 1. The van der Waals surface area contributed by atoms with Crippen LogP contribution in [0.2, 0.25) is 0 Å². The maximum absolute atomic E-state index is 11.9. The molecule has 2 rings (SSSR count). The van der Waals surface area contributed by atoms with Gasteiger partial charge in [0.25, 0.3) is 11.8 Å². The number of imide groups is 1. The molecule has 0 unspecified atom stereocenters. The number of hydrogen-bond donors (Lipinski definition) is 1. The molecule has 0 atom stereocenters. The van der Waals surface area contributed by atoms with Crippen LogP contribution in [-0.2, 0) is 19.1 Å². The Morgan fingerprint density at radius 1 is 0.786 bits per heavy atom. The third-order valence-electron chi connectivity index (χ3n) is 3.33. The van der Waals surface area contributed by atoms with Crippen molar-refractivity contribution >= 4 is 11.8 Å². The summed E-state index contributed by atoms with van der Waals surface area (Å²) in [5.74, 6) is 3.94. The van der Waals surface area contributed by atoms with Crippen LogP contribution in [0, 0.1) is 0 Å². The molecule has 8 nitrogen and oxygen atoms in total. The number of carbonyl (C=O) groups is 2. The number of carbonyl (C=O) groups excluding carboxylic acids is 2. The average molecular weight is 396 g/mol. The van der Waals surface area contributed by atoms with Crippen LogP contribution in [0.3, 0.4) is 0 Å². The number of fused-ring (bicyclic) bond motifs is 1. The minimum atomic E-state index is -0.420. The zero-order valence-electron chi connectivity index (χ0n) is 17.6. The topological polar surface area (TPSA) is 100 Å². The van der Waals surface area contributed by atoms with Crippen LogP contribution < -0.4 is 5.90 Å². The number of hydroxylamine groups is 2. The third-order valence-corrected chi connectivity index (χ3v) is 3.33. The molecule has 0 bridgehead atoms. The molecule has 1 aliphatic heterocycles. The zero-order valence-corrected chi connectivity index (χ0v) is 17.6. The van der Waals surface area contributed by atoms with E-state index in [0.717, 1.165) is 5.06 Å². The van der Waals surface area contributed by atoms with Gasteiger partial charge in [-0.15, -0.1) is 5.06 Å². The lowest BCUT2D eigenvalue weighted by Gasteiger charge is -2.20. The van der Waals surface area contributed by atoms with Gasteiger partial charge in [0, 0.05) is 0 Å². The second kappa shape index (κ2) is 10.6. The fourth-order valence-corrected chi connectivity index (χ4v) is 2.16. The van der Waals surface area contributed by atoms with Gasteiger partial charge in [-0.2, -0.15) is 0 Å². The standard InChI is InChI=1S/C14H17NO4.C6H15NO2/c1-14(2,3)18-8-9-19-15-12(16)10-6-4-5-7-11(10)13(15)17;1-6(2,3)8-4-5-9-7/h4-7H,8-9H2,1-3H3;4-5,7H2,1-3H3. The Labute approximate surface area is 166 Å². The van der Waals surface area contributed by atoms with Gasteiger partial charge in [0.1, 0.15) is 0 Å². The van der Waals surface area contributed by atoms with Crippen LogP contribution in [0.25, 0.3) is 0 Å². The summed E-state index contributed by atoms with van der Waals surface area (Å²) in [6.45, 7) is 13.2. The second-order valence-electron chi connectivity index (χ2n) is 8.08. The molecule has 0 aromatic heterocycles. The first-order valence-electron chi connectivity index (χ1n) is 9.16. The van der Waals surface area contributed by atoms with Crippen molar-refractivity contribution in [3.63, 3.8) is 0 Å². The minimum absolute atomic E-state index is 0.0848. The molecular weight excluding hydrogens is 364 g/mol. The summed E-state index contributed by atoms with van der Waals surface area (Å²) < 4.78 is 10.7. The van der Waals surface area contributed by atoms with Gasteiger partial charge < -0.3 is 14.3 Å². The third kappa shape index (κ3) is 8.45. The van der Waals surface area contributed by atoms with E-state index in [2.05, 4.69) is 4.84 Å². The maximum Gasteiger partial charge on any atom is 0.285 e. The molecule has 0 aliphatic carbocycles. The van der Waals surface area contributed by atoms with Crippen LogP contribution in [-0.4, -0.2) is 54.5 Å². The molecule has 2 amide bonds. The SMILES string of the molecule is CC(C)(C)OCCON.CC(C)(C)OCCON1C(=O)c2ccccc2C1=O. The largest absolute Gasteiger partial charge is 0.373 e. The maximum atomic E-state index is 11.9. The van der Waals surface area contributed by atoms with Gasteiger partial charge in [0.05, 0.1) is 48.8 Å². The van der Waals surface area contributed by atoms with E-state index in [9.17, 15) is 9.59 Å². The molecule has 1 aromatic rings. The van der Waals surface area contributed by atoms with E-state index in [1.165, 1.54) is 0 Å². The second-order valence-corrected chi connectivity index (χ2v) is 8.08. The Hall–Kier alpha value is -1.84. The van der Waals surface area contributed by atoms with Crippen molar-refractivity contribution in [2.75, 3.05) is 26.4 Å². The highest BCUT2D eigenvalue weighted by atomic mass is 16.7. The first kappa shape index (κ1) is 24.2. The number of ether oxygens (including phenoxy) is 2. The Morgan fingerprint density at radius 3 is 1.61 bits per heavy atom. The van der Waals surface area contributed by atoms with Gasteiger partial charge in [-0.3, -0.25) is 14.4 Å². The molecule has 1 aromatic carbocycles. The van der Waals surface area contributed by atoms with E-state index >= 15 is 0 Å². The van der Waals surface area contributed by atoms with Crippen molar-refractivity contribution in [2.45, 2.75) is 52.7 Å². The van der Waals surface area contributed by atoms with E-state index in [1.807, 2.05) is 41.5 Å². The predicted molar refractivity (Wildman–Crippen MR) is 104 cm³/mol. The lowest BCUT2D eigenvalue weighted by Crippen LogP contribution is -2.32. The number of nitrogens with two attached hydrogens (primary N) is 1. The molecule has 8 heteroatoms. The number of hydrogen-bond acceptors (Lipinski definition) is 7. The smallest absolute Gasteiger partial charge is 0.285 e. The molecule has 28 heavy (non-hydrogen) atoms. The number of benzene rings is 1. The zero-order chi connectivity index (χ0) is 21.4. The van der Waals surface area contributed by atoms with Crippen molar-refractivity contribution in [1.29, 1.82) is 0 Å². The van der Waals surface area contributed by atoms with Crippen molar-refractivity contribution in [3.8, 4) is 0 Å². The van der Waals surface area contributed by atoms with Gasteiger partial charge >= 0.3 is 0 Å². The Balaban J connectivity index is 0.000000370. The van der Waals surface area contributed by atoms with Crippen molar-refractivity contribution in [3.05, 3.63) is 35.4 Å². The van der Waals surface area contributed by atoms with E-state index in [1.54, 1.807) is 24.3 Å². The summed E-state index contributed by atoms with van der Waals surface area (Å²) in [4.78, 5) is 33.4. The molecule has 0 saturated carbocycles. The fourth-order valence-electron chi connectivity index (χ4n) is 2.16. The van der Waals surface area contributed by atoms with Crippen LogP contribution in [0.15, 0.2) is 24.3 Å². The lowest BCUT2D eigenvalue weighted by atomic mass is 10.1. The highest BCUT2D eigenvalue weighted by Gasteiger charge is 2.36. The highest BCUT2D eigenvalue weighted by molar-refractivity contribution is 6.20. The number of rotatable bonds is 7. The first-order chi connectivity index (χ1) is 13.0. The summed E-state index contributed by atoms with van der Waals surface area (Å²) in [6, 6.07) is 6.67. The molecule has 0 radical (unpaired) electrons. The summed E-state index contributed by atoms with van der Waals surface area (Å²) in [5, 5.41) is 0.802. The van der Waals surface area contributed by atoms with E-state index < -0.39 is 11.8 Å². The molecule has 0 spiro atoms. The number of amides is 2. The fraction of sp³-hybridized carbons (Fsp3) is 0.600. The summed E-state index contributed by atoms with van der Waals surface area (Å²) in [7, 11) is 0. The van der Waals surface area contributed by atoms with Crippen LogP contribution >= 0.6 is 0 Å². The molecular formula is C20H32N2O6. The lowest BCUT2D eigenvalue weighted by molar-refractivity contribution is -0.120. The molecule has 1 heterocycles. The normalized spacial score (nSPS) is 14.0. The first-order valence-corrected chi connectivity index (χ1v) is 9.16. The summed E-state index contributed by atoms with van der Waals surface area (Å²) in [5.41, 5.74) is 0.401. The molecule has 2 N–H and O–H groups in total. The molecule has 1 aliphatic rings. The van der Waals surface area contributed by atoms with Gasteiger partial charge in [-0.05, 0) is 53.7 Å². The summed E-state index contributed by atoms with van der Waals surface area (Å²) in [6.07, 6.45) is 0. The quantitative estimate of drug-likeness (QED) is 0.430. The minimum Gasteiger partial charge on any atom is -0.373 e. The average Bonchev–Trinajstić information content (AvgIpc) is 2.82. The van der Waals surface area contributed by atoms with E-state index in [4.69, 9.17) is 20.2 Å². The van der Waals surface area contributed by atoms with Gasteiger partial charge in [0.15, 0.2) is 0 Å². The van der Waals surface area contributed by atoms with Gasteiger partial charge in [-0.1, -0.05) is 12.1 Å². The van der Waals surface area contributed by atoms with Crippen LogP contribution in [0.5, 0.6) is 0 Å². The predicted octanol–water partition coefficient (Wildman–Crippen LogP) is 2.72. The van der Waals surface area contributed by atoms with Gasteiger partial charge in [-0.25, -0.2) is 5.90 Å². The van der Waals surface area contributed by atoms with E-state index in [-0.39, 0.29) is 17.8 Å². The highest BCUT2D eigenvalue weighted by Crippen LogP contribution is 2.22.